The third kappa shape index (κ3) is 9.82. The van der Waals surface area contributed by atoms with Crippen LogP contribution in [-0.2, 0) is 38.9 Å². The minimum atomic E-state index is -0.197. The van der Waals surface area contributed by atoms with E-state index in [1.807, 2.05) is 0 Å². The normalized spacial score (nSPS) is 13.1. The fraction of sp³-hybridized carbons (Fsp3) is 0.308. The maximum atomic E-state index is 2.53. The van der Waals surface area contributed by atoms with Crippen LogP contribution in [-0.4, -0.2) is 9.13 Å². The molecule has 0 amide bonds. The van der Waals surface area contributed by atoms with Crippen molar-refractivity contribution >= 4 is 43.6 Å². The Hall–Kier alpha value is -7.42. The molecule has 0 bridgehead atoms. The van der Waals surface area contributed by atoms with Gasteiger partial charge in [0.2, 0.25) is 0 Å². The van der Waals surface area contributed by atoms with Crippen molar-refractivity contribution in [2.45, 2.75) is 157 Å². The number of nitrogens with zero attached hydrogens (tertiary/aromatic N) is 2. The van der Waals surface area contributed by atoms with Crippen LogP contribution >= 0.6 is 0 Å². The molecule has 0 aliphatic heterocycles. The highest BCUT2D eigenvalue weighted by Crippen LogP contribution is 2.49. The summed E-state index contributed by atoms with van der Waals surface area (Å²) in [5, 5.41) is 5.30. The Morgan fingerprint density at radius 3 is 1.20 bits per heavy atom. The Morgan fingerprint density at radius 2 is 0.713 bits per heavy atom. The molecule has 80 heavy (non-hydrogen) atoms. The summed E-state index contributed by atoms with van der Waals surface area (Å²) < 4.78 is 5.02. The summed E-state index contributed by atoms with van der Waals surface area (Å²) in [7, 11) is 0. The first-order chi connectivity index (χ1) is 37.6. The average molecular weight is 1050 g/mol. The summed E-state index contributed by atoms with van der Waals surface area (Å²) in [5.41, 5.74) is 23.9. The Balaban J connectivity index is 1.05. The molecule has 0 radical (unpaired) electrons. The maximum Gasteiger partial charge on any atom is 0.0547 e. The molecule has 9 aromatic carbocycles. The second-order valence-electron chi connectivity index (χ2n) is 28.9. The second kappa shape index (κ2) is 19.4. The van der Waals surface area contributed by atoms with Crippen LogP contribution in [0.4, 0.5) is 0 Å². The van der Waals surface area contributed by atoms with Crippen molar-refractivity contribution in [3.05, 3.63) is 227 Å². The Bertz CT molecular complexity index is 4110. The van der Waals surface area contributed by atoms with Gasteiger partial charge < -0.3 is 9.13 Å². The van der Waals surface area contributed by atoms with Crippen molar-refractivity contribution < 1.29 is 0 Å². The van der Waals surface area contributed by atoms with Crippen LogP contribution in [0.15, 0.2) is 188 Å². The largest absolute Gasteiger partial charge is 0.309 e. The third-order valence-corrected chi connectivity index (χ3v) is 17.1. The summed E-state index contributed by atoms with van der Waals surface area (Å²) in [6, 6.07) is 71.9. The lowest BCUT2D eigenvalue weighted by Crippen LogP contribution is -2.22. The molecular formula is C78H84N2. The summed E-state index contributed by atoms with van der Waals surface area (Å²) >= 11 is 0. The van der Waals surface area contributed by atoms with E-state index in [2.05, 4.69) is 315 Å². The van der Waals surface area contributed by atoms with E-state index in [1.165, 1.54) is 127 Å². The summed E-state index contributed by atoms with van der Waals surface area (Å²) in [6.45, 7) is 40.2. The van der Waals surface area contributed by atoms with Crippen molar-refractivity contribution in [2.24, 2.45) is 0 Å². The maximum absolute atomic E-state index is 2.53. The summed E-state index contributed by atoms with van der Waals surface area (Å²) in [4.78, 5) is 0. The molecule has 11 aromatic rings. The minimum absolute atomic E-state index is 0.00675. The number of hydrogen-bond donors (Lipinski definition) is 0. The zero-order chi connectivity index (χ0) is 57.1. The summed E-state index contributed by atoms with van der Waals surface area (Å²) in [5.74, 6) is 0. The van der Waals surface area contributed by atoms with Gasteiger partial charge in [0.05, 0.1) is 22.1 Å². The van der Waals surface area contributed by atoms with E-state index in [0.29, 0.717) is 0 Å². The molecule has 0 fully saturated rings. The number of hydrogen-bond acceptors (Lipinski definition) is 0. The quantitative estimate of drug-likeness (QED) is 0.144. The number of benzene rings is 9. The predicted molar refractivity (Wildman–Crippen MR) is 348 cm³/mol. The van der Waals surface area contributed by atoms with E-state index < -0.39 is 0 Å². The minimum Gasteiger partial charge on any atom is -0.309 e. The number of para-hydroxylation sites is 1. The van der Waals surface area contributed by atoms with Gasteiger partial charge in [-0.1, -0.05) is 257 Å². The standard InChI is InChI=1S/C78H84N2/c1-73(2,3)54-43-52(44-55(47-54)74(4,5)6)60-31-24-34-64-68(60)70-63(76(10,11)12)33-26-36-66(70)80(64)59-39-37-50(38-40-59)49-78(16,17)57-46-53(45-56(48-57)75(7,8)9)61-32-25-35-65-69(61)71-67(79(65)58-29-22-19-23-30-58)42-41-62(72(71)77(13,14)15)51-27-20-18-21-28-51/h18-48H,49H2,1-17H3. The van der Waals surface area contributed by atoms with Crippen LogP contribution in [0.1, 0.15) is 157 Å². The smallest absolute Gasteiger partial charge is 0.0547 e. The van der Waals surface area contributed by atoms with Crippen LogP contribution in [0, 0.1) is 0 Å². The number of fused-ring (bicyclic) bond motifs is 6. The molecule has 406 valence electrons. The highest BCUT2D eigenvalue weighted by Gasteiger charge is 2.31. The van der Waals surface area contributed by atoms with Crippen LogP contribution in [0.5, 0.6) is 0 Å². The Morgan fingerprint density at radius 1 is 0.287 bits per heavy atom. The van der Waals surface area contributed by atoms with Crippen molar-refractivity contribution in [2.75, 3.05) is 0 Å². The molecular weight excluding hydrogens is 965 g/mol. The van der Waals surface area contributed by atoms with Gasteiger partial charge in [0.25, 0.3) is 0 Å². The molecule has 2 heterocycles. The fourth-order valence-electron chi connectivity index (χ4n) is 12.8. The van der Waals surface area contributed by atoms with Gasteiger partial charge >= 0.3 is 0 Å². The van der Waals surface area contributed by atoms with E-state index in [1.54, 1.807) is 0 Å². The van der Waals surface area contributed by atoms with E-state index in [4.69, 9.17) is 0 Å². The van der Waals surface area contributed by atoms with E-state index in [9.17, 15) is 0 Å². The first kappa shape index (κ1) is 54.5. The molecule has 0 saturated heterocycles. The fourth-order valence-corrected chi connectivity index (χ4v) is 12.8. The van der Waals surface area contributed by atoms with Gasteiger partial charge in [0, 0.05) is 32.9 Å². The van der Waals surface area contributed by atoms with Gasteiger partial charge in [-0.25, -0.2) is 0 Å². The molecule has 0 unspecified atom stereocenters. The molecule has 11 rings (SSSR count). The number of rotatable bonds is 8. The zero-order valence-corrected chi connectivity index (χ0v) is 51.0. The average Bonchev–Trinajstić information content (AvgIpc) is 4.00. The monoisotopic (exact) mass is 1050 g/mol. The Kier molecular flexibility index (Phi) is 13.2. The molecule has 0 spiro atoms. The lowest BCUT2D eigenvalue weighted by atomic mass is 9.74. The first-order valence-corrected chi connectivity index (χ1v) is 29.3. The summed E-state index contributed by atoms with van der Waals surface area (Å²) in [6.07, 6.45) is 0.887. The molecule has 0 N–H and O–H groups in total. The van der Waals surface area contributed by atoms with Crippen molar-refractivity contribution in [3.8, 4) is 44.8 Å². The van der Waals surface area contributed by atoms with Crippen molar-refractivity contribution in [1.82, 2.24) is 9.13 Å². The lowest BCUT2D eigenvalue weighted by Gasteiger charge is -2.30. The highest BCUT2D eigenvalue weighted by atomic mass is 15.0. The van der Waals surface area contributed by atoms with Gasteiger partial charge in [-0.05, 0) is 160 Å². The molecule has 0 atom stereocenters. The molecule has 2 heteroatoms. The molecule has 0 aliphatic carbocycles. The van der Waals surface area contributed by atoms with Gasteiger partial charge in [0.1, 0.15) is 0 Å². The van der Waals surface area contributed by atoms with Crippen LogP contribution < -0.4 is 0 Å². The van der Waals surface area contributed by atoms with Gasteiger partial charge in [-0.3, -0.25) is 0 Å². The number of aromatic nitrogens is 2. The Labute approximate surface area is 478 Å². The van der Waals surface area contributed by atoms with Crippen molar-refractivity contribution in [1.29, 1.82) is 0 Å². The molecule has 0 aliphatic rings. The highest BCUT2D eigenvalue weighted by molar-refractivity contribution is 6.19. The van der Waals surface area contributed by atoms with Crippen LogP contribution in [0.2, 0.25) is 0 Å². The van der Waals surface area contributed by atoms with Crippen LogP contribution in [0.3, 0.4) is 0 Å². The molecule has 2 nitrogen and oxygen atoms in total. The predicted octanol–water partition coefficient (Wildman–Crippen LogP) is 21.9. The molecule has 0 saturated carbocycles. The van der Waals surface area contributed by atoms with Gasteiger partial charge in [-0.2, -0.15) is 0 Å². The van der Waals surface area contributed by atoms with E-state index in [0.717, 1.165) is 6.42 Å². The third-order valence-electron chi connectivity index (χ3n) is 17.1. The van der Waals surface area contributed by atoms with Gasteiger partial charge in [0.15, 0.2) is 0 Å². The SMILES string of the molecule is CC(C)(C)c1cc(-c2cccc3c2c2c(C(C)(C)C)cccc2n3-c2ccc(CC(C)(C)c3cc(-c4cccc5c4c4c(C(C)(C)C)c(-c6ccccc6)ccc4n5-c4ccccc4)cc(C(C)(C)C)c3)cc2)cc(C(C)(C)C)c1. The van der Waals surface area contributed by atoms with E-state index >= 15 is 0 Å². The van der Waals surface area contributed by atoms with Crippen molar-refractivity contribution in [3.63, 3.8) is 0 Å². The zero-order valence-electron chi connectivity index (χ0n) is 51.0. The van der Waals surface area contributed by atoms with Crippen LogP contribution in [0.25, 0.3) is 88.4 Å². The topological polar surface area (TPSA) is 9.86 Å². The van der Waals surface area contributed by atoms with Gasteiger partial charge in [-0.15, -0.1) is 0 Å². The lowest BCUT2D eigenvalue weighted by molar-refractivity contribution is 0.517. The van der Waals surface area contributed by atoms with E-state index in [-0.39, 0.29) is 32.5 Å². The first-order valence-electron chi connectivity index (χ1n) is 29.3. The second-order valence-corrected chi connectivity index (χ2v) is 28.9. The molecule has 2 aromatic heterocycles.